The van der Waals surface area contributed by atoms with Gasteiger partial charge in [0.05, 0.1) is 15.9 Å². The van der Waals surface area contributed by atoms with Gasteiger partial charge in [0, 0.05) is 23.7 Å². The maximum atomic E-state index is 13.2. The Bertz CT molecular complexity index is 1360. The van der Waals surface area contributed by atoms with Crippen LogP contribution in [0.3, 0.4) is 0 Å². The minimum Gasteiger partial charge on any atom is -0.382 e. The maximum Gasteiger partial charge on any atom is 0.240 e. The van der Waals surface area contributed by atoms with Gasteiger partial charge in [-0.3, -0.25) is 0 Å². The van der Waals surface area contributed by atoms with Crippen LogP contribution in [0.25, 0.3) is 22.2 Å². The number of para-hydroxylation sites is 1. The lowest BCUT2D eigenvalue weighted by Gasteiger charge is -2.19. The lowest BCUT2D eigenvalue weighted by molar-refractivity contribution is 0.593. The van der Waals surface area contributed by atoms with Crippen LogP contribution in [-0.2, 0) is 21.0 Å². The number of amidine groups is 1. The summed E-state index contributed by atoms with van der Waals surface area (Å²) in [6.45, 7) is 1.37. The largest absolute Gasteiger partial charge is 0.382 e. The zero-order valence-electron chi connectivity index (χ0n) is 17.3. The number of sulfonamides is 1. The zero-order valence-corrected chi connectivity index (χ0v) is 19.0. The number of primary sulfonamides is 1. The van der Waals surface area contributed by atoms with Gasteiger partial charge in [0.15, 0.2) is 11.8 Å². The summed E-state index contributed by atoms with van der Waals surface area (Å²) >= 11 is 0. The lowest BCUT2D eigenvalue weighted by Crippen LogP contribution is -2.34. The van der Waals surface area contributed by atoms with Gasteiger partial charge >= 0.3 is 0 Å². The van der Waals surface area contributed by atoms with Gasteiger partial charge in [0.25, 0.3) is 0 Å². The lowest BCUT2D eigenvalue weighted by atomic mass is 9.97. The number of nitrogen functional groups attached to an aromatic ring is 1. The molecule has 2 heterocycles. The summed E-state index contributed by atoms with van der Waals surface area (Å²) in [5.74, 6) is 5.22. The summed E-state index contributed by atoms with van der Waals surface area (Å²) in [6, 6.07) is 8.15. The van der Waals surface area contributed by atoms with Gasteiger partial charge in [0.1, 0.15) is 15.9 Å². The van der Waals surface area contributed by atoms with Gasteiger partial charge in [-0.15, -0.1) is 5.10 Å². The van der Waals surface area contributed by atoms with Crippen molar-refractivity contribution in [2.24, 2.45) is 21.8 Å². The molecule has 2 atom stereocenters. The van der Waals surface area contributed by atoms with E-state index in [0.29, 0.717) is 28.7 Å². The Hall–Kier alpha value is -3.08. The molecule has 0 amide bonds. The molecule has 12 N–H and O–H groups in total. The highest BCUT2D eigenvalue weighted by Gasteiger charge is 2.30. The Morgan fingerprint density at radius 2 is 2.03 bits per heavy atom. The predicted molar refractivity (Wildman–Crippen MR) is 126 cm³/mol. The molecule has 1 aromatic heterocycles. The van der Waals surface area contributed by atoms with E-state index in [-0.39, 0.29) is 28.3 Å². The van der Waals surface area contributed by atoms with Gasteiger partial charge in [-0.25, -0.2) is 38.8 Å². The molecule has 1 fully saturated rings. The van der Waals surface area contributed by atoms with Gasteiger partial charge < -0.3 is 21.8 Å². The van der Waals surface area contributed by atoms with Crippen LogP contribution in [0.4, 0.5) is 5.95 Å². The minimum atomic E-state index is -4.42. The smallest absolute Gasteiger partial charge is 0.240 e. The highest BCUT2D eigenvalue weighted by Crippen LogP contribution is 2.35. The van der Waals surface area contributed by atoms with Crippen LogP contribution >= 0.6 is 0 Å². The standard InChI is InChI=1S/C18H24N10O3S2/c19-17(26-28-21)14-10(11-2-1-3-12-15(11)25-18(20)24-12)4-5-13(16(14)33(22,30)31)32(29)27-9-6-7-23-8-9/h1-5,9,23,27-28H,6-8,21H2,(H2,19,26)(H3,20,24,25)(H2,22,30,31). The number of nitrogens with zero attached hydrogens (tertiary/aromatic N) is 2. The summed E-state index contributed by atoms with van der Waals surface area (Å²) in [4.78, 5) is 6.75. The Labute approximate surface area is 192 Å². The monoisotopic (exact) mass is 492 g/mol. The fourth-order valence-corrected chi connectivity index (χ4v) is 6.35. The second kappa shape index (κ2) is 9.05. The summed E-state index contributed by atoms with van der Waals surface area (Å²) in [7, 11) is -6.32. The molecule has 0 spiro atoms. The molecule has 4 rings (SSSR count). The number of benzene rings is 2. The van der Waals surface area contributed by atoms with Crippen LogP contribution < -0.4 is 38.0 Å². The fraction of sp³-hybridized carbons (Fsp3) is 0.222. The first-order valence-electron chi connectivity index (χ1n) is 9.83. The summed E-state index contributed by atoms with van der Waals surface area (Å²) in [6.07, 6.45) is 0.741. The van der Waals surface area contributed by atoms with Gasteiger partial charge in [0.2, 0.25) is 10.0 Å². The number of aromatic nitrogens is 2. The van der Waals surface area contributed by atoms with Crippen molar-refractivity contribution in [2.45, 2.75) is 22.3 Å². The molecule has 13 nitrogen and oxygen atoms in total. The van der Waals surface area contributed by atoms with Crippen LogP contribution in [0.1, 0.15) is 12.0 Å². The number of rotatable bonds is 7. The number of fused-ring (bicyclic) bond motifs is 1. The number of nitrogens with one attached hydrogen (secondary N) is 4. The van der Waals surface area contributed by atoms with Crippen molar-refractivity contribution in [3.05, 3.63) is 35.9 Å². The van der Waals surface area contributed by atoms with E-state index < -0.39 is 25.9 Å². The number of hydrogen-bond donors (Lipinski definition) is 8. The third-order valence-corrected chi connectivity index (χ3v) is 7.61. The molecule has 0 radical (unpaired) electrons. The van der Waals surface area contributed by atoms with E-state index in [0.717, 1.165) is 13.0 Å². The molecule has 1 saturated heterocycles. The number of hydrogen-bond acceptors (Lipinski definition) is 9. The summed E-state index contributed by atoms with van der Waals surface area (Å²) in [5, 5.41) is 12.5. The first-order valence-corrected chi connectivity index (χ1v) is 12.5. The Balaban J connectivity index is 2.00. The fourth-order valence-electron chi connectivity index (χ4n) is 3.83. The Morgan fingerprint density at radius 3 is 2.70 bits per heavy atom. The van der Waals surface area contributed by atoms with E-state index in [2.05, 4.69) is 30.6 Å². The zero-order chi connectivity index (χ0) is 23.8. The van der Waals surface area contributed by atoms with E-state index in [9.17, 15) is 12.6 Å². The van der Waals surface area contributed by atoms with Gasteiger partial charge in [-0.05, 0) is 30.7 Å². The number of anilines is 1. The number of H-pyrrole nitrogens is 1. The molecule has 2 aromatic carbocycles. The molecule has 176 valence electrons. The van der Waals surface area contributed by atoms with Crippen LogP contribution in [0.15, 0.2) is 45.2 Å². The highest BCUT2D eigenvalue weighted by molar-refractivity contribution is 7.90. The highest BCUT2D eigenvalue weighted by atomic mass is 32.2. The first-order chi connectivity index (χ1) is 15.7. The number of hydrazone groups is 1. The topological polar surface area (TPSA) is 232 Å². The average molecular weight is 493 g/mol. The molecule has 1 aliphatic rings. The van der Waals surface area contributed by atoms with E-state index >= 15 is 0 Å². The molecular formula is C18H24N10O3S2. The first kappa shape index (κ1) is 23.1. The predicted octanol–water partition coefficient (Wildman–Crippen LogP) is -1.48. The van der Waals surface area contributed by atoms with Crippen LogP contribution in [-0.4, -0.2) is 47.6 Å². The summed E-state index contributed by atoms with van der Waals surface area (Å²) < 4.78 is 41.6. The van der Waals surface area contributed by atoms with Crippen LogP contribution in [0.2, 0.25) is 0 Å². The quantitative estimate of drug-likeness (QED) is 0.0829. The average Bonchev–Trinajstić information content (AvgIpc) is 3.40. The number of imidazole rings is 1. The molecule has 33 heavy (non-hydrogen) atoms. The summed E-state index contributed by atoms with van der Waals surface area (Å²) in [5.41, 5.74) is 15.9. The molecule has 1 aliphatic heterocycles. The van der Waals surface area contributed by atoms with Crippen molar-refractivity contribution in [2.75, 3.05) is 18.8 Å². The van der Waals surface area contributed by atoms with E-state index in [4.69, 9.17) is 22.4 Å². The molecular weight excluding hydrogens is 468 g/mol. The second-order valence-electron chi connectivity index (χ2n) is 7.39. The van der Waals surface area contributed by atoms with Crippen LogP contribution in [0, 0.1) is 0 Å². The van der Waals surface area contributed by atoms with E-state index in [1.807, 2.05) is 0 Å². The molecule has 3 aromatic rings. The van der Waals surface area contributed by atoms with Crippen molar-refractivity contribution in [3.63, 3.8) is 0 Å². The van der Waals surface area contributed by atoms with E-state index in [1.165, 1.54) is 6.07 Å². The SMILES string of the molecule is NN/N=C(\N)c1c(-c2cccc3[nH]c(N)nc23)ccc(S(=O)NC2CCNC2)c1S(N)(=O)=O. The number of aromatic amines is 1. The van der Waals surface area contributed by atoms with Crippen LogP contribution in [0.5, 0.6) is 0 Å². The van der Waals surface area contributed by atoms with Crippen molar-refractivity contribution < 1.29 is 12.6 Å². The molecule has 0 aliphatic carbocycles. The Morgan fingerprint density at radius 1 is 1.24 bits per heavy atom. The molecule has 0 bridgehead atoms. The van der Waals surface area contributed by atoms with Crippen molar-refractivity contribution in [1.82, 2.24) is 25.5 Å². The minimum absolute atomic E-state index is 0.0490. The maximum absolute atomic E-state index is 13.2. The van der Waals surface area contributed by atoms with Crippen molar-refractivity contribution in [3.8, 4) is 11.1 Å². The third-order valence-electron chi connectivity index (χ3n) is 5.20. The number of nitrogens with two attached hydrogens (primary N) is 4. The van der Waals surface area contributed by atoms with E-state index in [1.54, 1.807) is 24.3 Å². The molecule has 15 heteroatoms. The molecule has 2 unspecified atom stereocenters. The van der Waals surface area contributed by atoms with Gasteiger partial charge in [-0.2, -0.15) is 0 Å². The van der Waals surface area contributed by atoms with Gasteiger partial charge in [-0.1, -0.05) is 18.2 Å². The van der Waals surface area contributed by atoms with Crippen molar-refractivity contribution in [1.29, 1.82) is 0 Å². The Kier molecular flexibility index (Phi) is 6.33. The number of hydrazine groups is 1. The third kappa shape index (κ3) is 4.54. The normalized spacial score (nSPS) is 18.0. The molecule has 0 saturated carbocycles. The second-order valence-corrected chi connectivity index (χ2v) is 10.1. The van der Waals surface area contributed by atoms with Crippen molar-refractivity contribution >= 4 is 43.8 Å².